The summed E-state index contributed by atoms with van der Waals surface area (Å²) < 4.78 is 0. The van der Waals surface area contributed by atoms with Crippen LogP contribution in [0.5, 0.6) is 0 Å². The van der Waals surface area contributed by atoms with Crippen molar-refractivity contribution in [1.29, 1.82) is 0 Å². The summed E-state index contributed by atoms with van der Waals surface area (Å²) in [5, 5.41) is 4.55. The van der Waals surface area contributed by atoms with Gasteiger partial charge in [-0.15, -0.1) is 0 Å². The first-order valence-electron chi connectivity index (χ1n) is 12.4. The van der Waals surface area contributed by atoms with E-state index in [-0.39, 0.29) is 4.70 Å². The molecule has 0 amide bonds. The molecule has 0 bridgehead atoms. The Balaban J connectivity index is 0.00000363. The van der Waals surface area contributed by atoms with Crippen molar-refractivity contribution in [2.75, 3.05) is 6.16 Å². The lowest BCUT2D eigenvalue weighted by Crippen LogP contribution is -3.00. The first-order chi connectivity index (χ1) is 15.4. The fraction of sp³-hybridized carbons (Fsp3) is 0.400. The third-order valence-corrected chi connectivity index (χ3v) is 11.0. The fourth-order valence-electron chi connectivity index (χ4n) is 4.72. The second-order valence-corrected chi connectivity index (χ2v) is 12.3. The topological polar surface area (TPSA) is 0 Å². The average molecular weight is 451 g/mol. The van der Waals surface area contributed by atoms with Crippen LogP contribution in [-0.4, -0.2) is 6.16 Å². The zero-order valence-corrected chi connectivity index (χ0v) is 20.7. The molecule has 32 heavy (non-hydrogen) atoms. The summed E-state index contributed by atoms with van der Waals surface area (Å²) in [5.74, 6) is 0. The quantitative estimate of drug-likeness (QED) is 0.242. The van der Waals surface area contributed by atoms with Gasteiger partial charge in [-0.3, -0.25) is 0 Å². The van der Waals surface area contributed by atoms with E-state index < -0.39 is 7.26 Å². The summed E-state index contributed by atoms with van der Waals surface area (Å²) >= 11 is 0. The largest absolute Gasteiger partial charge is 1.00 e. The van der Waals surface area contributed by atoms with Gasteiger partial charge in [-0.1, -0.05) is 113 Å². The van der Waals surface area contributed by atoms with Crippen LogP contribution < -0.4 is 20.6 Å². The van der Waals surface area contributed by atoms with E-state index in [1.807, 2.05) is 0 Å². The molecular formula is C30H40FP. The lowest BCUT2D eigenvalue weighted by atomic mass is 10.1. The van der Waals surface area contributed by atoms with E-state index in [1.54, 1.807) is 0 Å². The normalized spacial score (nSPS) is 11.2. The van der Waals surface area contributed by atoms with Gasteiger partial charge in [-0.05, 0) is 49.2 Å². The summed E-state index contributed by atoms with van der Waals surface area (Å²) in [6.45, 7) is 2.29. The van der Waals surface area contributed by atoms with Crippen molar-refractivity contribution in [2.45, 2.75) is 71.1 Å². The Hall–Kier alpha value is -1.98. The second-order valence-electron chi connectivity index (χ2n) is 8.72. The van der Waals surface area contributed by atoms with Gasteiger partial charge < -0.3 is 4.70 Å². The van der Waals surface area contributed by atoms with Crippen LogP contribution in [0.4, 0.5) is 0 Å². The lowest BCUT2D eigenvalue weighted by molar-refractivity contribution is -0.00000631. The van der Waals surface area contributed by atoms with Crippen LogP contribution in [0, 0.1) is 0 Å². The first-order valence-corrected chi connectivity index (χ1v) is 14.4. The molecule has 0 heterocycles. The van der Waals surface area contributed by atoms with E-state index in [0.29, 0.717) is 0 Å². The summed E-state index contributed by atoms with van der Waals surface area (Å²) in [6, 6.07) is 33.9. The zero-order valence-electron chi connectivity index (χ0n) is 19.8. The highest BCUT2D eigenvalue weighted by Gasteiger charge is 2.44. The van der Waals surface area contributed by atoms with Gasteiger partial charge in [0.25, 0.3) is 0 Å². The van der Waals surface area contributed by atoms with Gasteiger partial charge in [-0.2, -0.15) is 0 Å². The minimum Gasteiger partial charge on any atom is -1.00 e. The van der Waals surface area contributed by atoms with Crippen molar-refractivity contribution in [2.24, 2.45) is 0 Å². The van der Waals surface area contributed by atoms with Crippen molar-refractivity contribution >= 4 is 23.2 Å². The minimum absolute atomic E-state index is 0. The number of hydrogen-bond acceptors (Lipinski definition) is 0. The number of rotatable bonds is 14. The monoisotopic (exact) mass is 450 g/mol. The summed E-state index contributed by atoms with van der Waals surface area (Å²) in [4.78, 5) is 0. The predicted molar refractivity (Wildman–Crippen MR) is 142 cm³/mol. The Bertz CT molecular complexity index is 736. The maximum atomic E-state index is 2.37. The number of hydrogen-bond donors (Lipinski definition) is 0. The average Bonchev–Trinajstić information content (AvgIpc) is 2.84. The van der Waals surface area contributed by atoms with Crippen molar-refractivity contribution in [1.82, 2.24) is 0 Å². The Morgan fingerprint density at radius 1 is 0.438 bits per heavy atom. The summed E-state index contributed by atoms with van der Waals surface area (Å²) in [6.07, 6.45) is 15.2. The van der Waals surface area contributed by atoms with Crippen molar-refractivity contribution < 1.29 is 4.70 Å². The molecule has 0 saturated carbocycles. The smallest absolute Gasteiger partial charge is 0.112 e. The van der Waals surface area contributed by atoms with Crippen LogP contribution in [0.2, 0.25) is 0 Å². The molecule has 2 heteroatoms. The third kappa shape index (κ3) is 7.28. The van der Waals surface area contributed by atoms with E-state index in [4.69, 9.17) is 0 Å². The van der Waals surface area contributed by atoms with Gasteiger partial charge in [0.05, 0.1) is 6.16 Å². The highest BCUT2D eigenvalue weighted by molar-refractivity contribution is 7.95. The fourth-order valence-corrected chi connectivity index (χ4v) is 9.13. The molecule has 0 fully saturated rings. The van der Waals surface area contributed by atoms with E-state index in [9.17, 15) is 0 Å². The maximum Gasteiger partial charge on any atom is 0.112 e. The van der Waals surface area contributed by atoms with Crippen molar-refractivity contribution in [3.63, 3.8) is 0 Å². The van der Waals surface area contributed by atoms with E-state index >= 15 is 0 Å². The molecule has 3 rings (SSSR count). The maximum absolute atomic E-state index is 2.37. The van der Waals surface area contributed by atoms with Crippen LogP contribution in [-0.2, 0) is 0 Å². The van der Waals surface area contributed by atoms with Crippen LogP contribution in [0.3, 0.4) is 0 Å². The summed E-state index contributed by atoms with van der Waals surface area (Å²) in [7, 11) is -1.63. The lowest BCUT2D eigenvalue weighted by Gasteiger charge is -2.27. The molecule has 0 nitrogen and oxygen atoms in total. The summed E-state index contributed by atoms with van der Waals surface area (Å²) in [5.41, 5.74) is 0. The molecule has 0 saturated heterocycles. The van der Waals surface area contributed by atoms with Crippen molar-refractivity contribution in [3.05, 3.63) is 91.0 Å². The highest BCUT2D eigenvalue weighted by Crippen LogP contribution is 2.55. The first kappa shape index (κ1) is 26.3. The van der Waals surface area contributed by atoms with E-state index in [0.717, 1.165) is 0 Å². The second kappa shape index (κ2) is 15.0. The van der Waals surface area contributed by atoms with Crippen molar-refractivity contribution in [3.8, 4) is 0 Å². The van der Waals surface area contributed by atoms with Gasteiger partial charge in [0.15, 0.2) is 0 Å². The molecule has 0 radical (unpaired) electrons. The molecule has 0 aliphatic rings. The Morgan fingerprint density at radius 2 is 0.750 bits per heavy atom. The van der Waals surface area contributed by atoms with E-state index in [2.05, 4.69) is 97.9 Å². The molecule has 172 valence electrons. The van der Waals surface area contributed by atoms with Gasteiger partial charge in [0.1, 0.15) is 23.2 Å². The number of benzene rings is 3. The molecule has 3 aromatic carbocycles. The predicted octanol–water partition coefficient (Wildman–Crippen LogP) is 4.91. The molecule has 0 spiro atoms. The van der Waals surface area contributed by atoms with E-state index in [1.165, 1.54) is 86.3 Å². The van der Waals surface area contributed by atoms with Gasteiger partial charge in [0.2, 0.25) is 0 Å². The van der Waals surface area contributed by atoms with Crippen LogP contribution >= 0.6 is 7.26 Å². The Morgan fingerprint density at radius 3 is 1.09 bits per heavy atom. The van der Waals surface area contributed by atoms with Gasteiger partial charge in [-0.25, -0.2) is 0 Å². The molecule has 3 aromatic rings. The number of halogens is 1. The van der Waals surface area contributed by atoms with Crippen LogP contribution in [0.1, 0.15) is 71.1 Å². The molecule has 0 unspecified atom stereocenters. The molecule has 0 aliphatic heterocycles. The number of unbranched alkanes of at least 4 members (excludes halogenated alkanes) is 9. The minimum atomic E-state index is -1.63. The molecule has 0 N–H and O–H groups in total. The van der Waals surface area contributed by atoms with Crippen LogP contribution in [0.15, 0.2) is 91.0 Å². The molecular weight excluding hydrogens is 410 g/mol. The standard InChI is InChI=1S/C30H40P.FH/c1-2-3-4-5-6-7-8-9-10-20-27-31(28-21-14-11-15-22-28,29-23-16-12-17-24-29)30-25-18-13-19-26-30;/h11-19,21-26H,2-10,20,27H2,1H3;1H/q+1;/p-1. The zero-order chi connectivity index (χ0) is 21.6. The Kier molecular flexibility index (Phi) is 12.3. The highest BCUT2D eigenvalue weighted by atomic mass is 31.2. The van der Waals surface area contributed by atoms with Crippen LogP contribution in [0.25, 0.3) is 0 Å². The molecule has 0 aromatic heterocycles. The molecule has 0 atom stereocenters. The third-order valence-electron chi connectivity index (χ3n) is 6.44. The Labute approximate surface area is 196 Å². The van der Waals surface area contributed by atoms with Gasteiger partial charge in [0, 0.05) is 0 Å². The SMILES string of the molecule is CCCCCCCCCCCC[P+](c1ccccc1)(c1ccccc1)c1ccccc1.[F-]. The van der Waals surface area contributed by atoms with Gasteiger partial charge >= 0.3 is 0 Å². The molecule has 0 aliphatic carbocycles.